The molecule has 0 aliphatic heterocycles. The van der Waals surface area contributed by atoms with Gasteiger partial charge in [0, 0.05) is 13.6 Å². The number of amides is 1. The lowest BCUT2D eigenvalue weighted by Gasteiger charge is -2.21. The number of halogens is 1. The number of hydrogen-bond acceptors (Lipinski definition) is 4. The third kappa shape index (κ3) is 4.61. The maximum atomic E-state index is 13.2. The monoisotopic (exact) mass is 357 g/mol. The van der Waals surface area contributed by atoms with Gasteiger partial charge in [-0.1, -0.05) is 24.3 Å². The second-order valence-electron chi connectivity index (χ2n) is 6.13. The van der Waals surface area contributed by atoms with Crippen molar-refractivity contribution in [2.24, 2.45) is 0 Å². The molecule has 0 radical (unpaired) electrons. The summed E-state index contributed by atoms with van der Waals surface area (Å²) >= 11 is 1.61. The number of hydrogen-bond donors (Lipinski definition) is 0. The minimum absolute atomic E-state index is 0.0122. The number of carbonyl (C=O) groups excluding carboxylic acids is 1. The quantitative estimate of drug-likeness (QED) is 0.677. The van der Waals surface area contributed by atoms with E-state index in [1.807, 2.05) is 42.3 Å². The fraction of sp³-hybridized carbons (Fsp3) is 0.263. The van der Waals surface area contributed by atoms with E-state index in [-0.39, 0.29) is 18.3 Å². The smallest absolute Gasteiger partial charge is 0.236 e. The van der Waals surface area contributed by atoms with Gasteiger partial charge in [-0.2, -0.15) is 0 Å². The van der Waals surface area contributed by atoms with Gasteiger partial charge < -0.3 is 4.90 Å². The highest BCUT2D eigenvalue weighted by Gasteiger charge is 2.14. The first kappa shape index (κ1) is 17.5. The van der Waals surface area contributed by atoms with Crippen molar-refractivity contribution in [1.29, 1.82) is 0 Å². The number of benzene rings is 2. The van der Waals surface area contributed by atoms with Crippen LogP contribution in [0, 0.1) is 5.82 Å². The lowest BCUT2D eigenvalue weighted by Crippen LogP contribution is -2.36. The SMILES string of the molecule is CN(CC(=O)N(C)Cc1nc2ccccc2s1)Cc1cccc(F)c1. The summed E-state index contributed by atoms with van der Waals surface area (Å²) in [5.41, 5.74) is 1.82. The van der Waals surface area contributed by atoms with Crippen molar-refractivity contribution in [3.8, 4) is 0 Å². The zero-order chi connectivity index (χ0) is 17.8. The van der Waals surface area contributed by atoms with Crippen molar-refractivity contribution >= 4 is 27.5 Å². The molecule has 0 saturated heterocycles. The second kappa shape index (κ2) is 7.72. The Morgan fingerprint density at radius 2 is 1.92 bits per heavy atom. The first-order valence-corrected chi connectivity index (χ1v) is 8.84. The Morgan fingerprint density at radius 1 is 1.12 bits per heavy atom. The Kier molecular flexibility index (Phi) is 5.40. The van der Waals surface area contributed by atoms with Crippen molar-refractivity contribution < 1.29 is 9.18 Å². The van der Waals surface area contributed by atoms with Crippen molar-refractivity contribution in [2.75, 3.05) is 20.6 Å². The lowest BCUT2D eigenvalue weighted by molar-refractivity contribution is -0.131. The van der Waals surface area contributed by atoms with Crippen LogP contribution in [0.15, 0.2) is 48.5 Å². The van der Waals surface area contributed by atoms with Crippen LogP contribution >= 0.6 is 11.3 Å². The van der Waals surface area contributed by atoms with E-state index < -0.39 is 0 Å². The van der Waals surface area contributed by atoms with E-state index in [2.05, 4.69) is 4.98 Å². The maximum Gasteiger partial charge on any atom is 0.236 e. The Labute approximate surface area is 150 Å². The Morgan fingerprint density at radius 3 is 2.68 bits per heavy atom. The summed E-state index contributed by atoms with van der Waals surface area (Å²) in [4.78, 5) is 20.5. The van der Waals surface area contributed by atoms with Crippen LogP contribution in [0.4, 0.5) is 4.39 Å². The normalized spacial score (nSPS) is 11.2. The molecule has 0 spiro atoms. The fourth-order valence-electron chi connectivity index (χ4n) is 2.63. The molecule has 3 rings (SSSR count). The third-order valence-corrected chi connectivity index (χ3v) is 4.90. The molecule has 0 unspecified atom stereocenters. The van der Waals surface area contributed by atoms with Crippen LogP contribution in [0.3, 0.4) is 0 Å². The first-order chi connectivity index (χ1) is 12.0. The maximum absolute atomic E-state index is 13.2. The lowest BCUT2D eigenvalue weighted by atomic mass is 10.2. The molecule has 0 fully saturated rings. The first-order valence-electron chi connectivity index (χ1n) is 8.02. The fourth-order valence-corrected chi connectivity index (χ4v) is 3.65. The van der Waals surface area contributed by atoms with Crippen molar-refractivity contribution in [3.63, 3.8) is 0 Å². The van der Waals surface area contributed by atoms with Crippen LogP contribution in [0.1, 0.15) is 10.6 Å². The number of likely N-dealkylation sites (N-methyl/N-ethyl adjacent to an activating group) is 2. The van der Waals surface area contributed by atoms with Crippen LogP contribution < -0.4 is 0 Å². The van der Waals surface area contributed by atoms with Crippen LogP contribution in [0.5, 0.6) is 0 Å². The van der Waals surface area contributed by atoms with Gasteiger partial charge in [0.25, 0.3) is 0 Å². The molecule has 25 heavy (non-hydrogen) atoms. The molecule has 2 aromatic carbocycles. The summed E-state index contributed by atoms with van der Waals surface area (Å²) in [6.07, 6.45) is 0. The molecule has 0 N–H and O–H groups in total. The van der Waals surface area contributed by atoms with E-state index in [4.69, 9.17) is 0 Å². The molecule has 0 atom stereocenters. The van der Waals surface area contributed by atoms with Gasteiger partial charge in [-0.05, 0) is 36.9 Å². The van der Waals surface area contributed by atoms with Gasteiger partial charge in [0.2, 0.25) is 5.91 Å². The van der Waals surface area contributed by atoms with Gasteiger partial charge in [-0.3, -0.25) is 9.69 Å². The summed E-state index contributed by atoms with van der Waals surface area (Å²) < 4.78 is 14.4. The number of fused-ring (bicyclic) bond motifs is 1. The van der Waals surface area contributed by atoms with Gasteiger partial charge in [0.1, 0.15) is 10.8 Å². The average Bonchev–Trinajstić information content (AvgIpc) is 2.96. The number of rotatable bonds is 6. The predicted molar refractivity (Wildman–Crippen MR) is 98.8 cm³/mol. The van der Waals surface area contributed by atoms with Gasteiger partial charge in [0.15, 0.2) is 0 Å². The molecule has 130 valence electrons. The predicted octanol–water partition coefficient (Wildman–Crippen LogP) is 3.53. The van der Waals surface area contributed by atoms with Gasteiger partial charge >= 0.3 is 0 Å². The highest BCUT2D eigenvalue weighted by atomic mass is 32.1. The number of aromatic nitrogens is 1. The van der Waals surface area contributed by atoms with Crippen molar-refractivity contribution in [2.45, 2.75) is 13.1 Å². The summed E-state index contributed by atoms with van der Waals surface area (Å²) in [6, 6.07) is 14.4. The number of nitrogens with zero attached hydrogens (tertiary/aromatic N) is 3. The standard InChI is InChI=1S/C19H20FN3OS/c1-22(11-14-6-5-7-15(20)10-14)13-19(24)23(2)12-18-21-16-8-3-4-9-17(16)25-18/h3-10H,11-13H2,1-2H3. The Bertz CT molecular complexity index is 847. The molecular formula is C19H20FN3OS. The molecule has 1 aromatic heterocycles. The second-order valence-corrected chi connectivity index (χ2v) is 7.24. The van der Waals surface area contributed by atoms with E-state index in [9.17, 15) is 9.18 Å². The summed E-state index contributed by atoms with van der Waals surface area (Å²) in [7, 11) is 3.64. The summed E-state index contributed by atoms with van der Waals surface area (Å²) in [6.45, 7) is 1.29. The number of carbonyl (C=O) groups is 1. The zero-order valence-corrected chi connectivity index (χ0v) is 15.1. The molecule has 6 heteroatoms. The highest BCUT2D eigenvalue weighted by Crippen LogP contribution is 2.22. The largest absolute Gasteiger partial charge is 0.338 e. The highest BCUT2D eigenvalue weighted by molar-refractivity contribution is 7.18. The van der Waals surface area contributed by atoms with Gasteiger partial charge in [0.05, 0.1) is 23.3 Å². The molecule has 4 nitrogen and oxygen atoms in total. The van der Waals surface area contributed by atoms with Crippen molar-refractivity contribution in [3.05, 3.63) is 64.9 Å². The Balaban J connectivity index is 1.56. The van der Waals surface area contributed by atoms with Crippen LogP contribution in [0.2, 0.25) is 0 Å². The van der Waals surface area contributed by atoms with E-state index in [0.29, 0.717) is 13.1 Å². The molecule has 0 aliphatic rings. The molecule has 1 amide bonds. The van der Waals surface area contributed by atoms with Crippen LogP contribution in [0.25, 0.3) is 10.2 Å². The molecule has 0 aliphatic carbocycles. The molecular weight excluding hydrogens is 337 g/mol. The van der Waals surface area contributed by atoms with E-state index in [1.165, 1.54) is 12.1 Å². The minimum Gasteiger partial charge on any atom is -0.338 e. The third-order valence-electron chi connectivity index (χ3n) is 3.88. The van der Waals surface area contributed by atoms with E-state index in [1.54, 1.807) is 29.4 Å². The average molecular weight is 357 g/mol. The molecule has 0 bridgehead atoms. The summed E-state index contributed by atoms with van der Waals surface area (Å²) in [5, 5.41) is 0.921. The van der Waals surface area contributed by atoms with Gasteiger partial charge in [-0.25, -0.2) is 9.37 Å². The van der Waals surface area contributed by atoms with Crippen LogP contribution in [-0.4, -0.2) is 41.3 Å². The number of thiazole rings is 1. The van der Waals surface area contributed by atoms with E-state index >= 15 is 0 Å². The van der Waals surface area contributed by atoms with Crippen LogP contribution in [-0.2, 0) is 17.9 Å². The zero-order valence-electron chi connectivity index (χ0n) is 14.3. The topological polar surface area (TPSA) is 36.4 Å². The molecule has 1 heterocycles. The molecule has 0 saturated carbocycles. The Hall–Kier alpha value is -2.31. The summed E-state index contributed by atoms with van der Waals surface area (Å²) in [5.74, 6) is -0.247. The number of para-hydroxylation sites is 1. The minimum atomic E-state index is -0.259. The van der Waals surface area contributed by atoms with Gasteiger partial charge in [-0.15, -0.1) is 11.3 Å². The van der Waals surface area contributed by atoms with Crippen molar-refractivity contribution in [1.82, 2.24) is 14.8 Å². The van der Waals surface area contributed by atoms with E-state index in [0.717, 1.165) is 20.8 Å². The molecule has 3 aromatic rings.